The van der Waals surface area contributed by atoms with Crippen molar-refractivity contribution < 1.29 is 4.79 Å². The summed E-state index contributed by atoms with van der Waals surface area (Å²) in [6, 6.07) is 0.527. The number of rotatable bonds is 6. The highest BCUT2D eigenvalue weighted by Gasteiger charge is 2.30. The van der Waals surface area contributed by atoms with E-state index in [9.17, 15) is 4.79 Å². The molecule has 1 saturated heterocycles. The highest BCUT2D eigenvalue weighted by molar-refractivity contribution is 5.81. The highest BCUT2D eigenvalue weighted by Crippen LogP contribution is 2.13. The summed E-state index contributed by atoms with van der Waals surface area (Å²) in [5.41, 5.74) is 0. The molecule has 1 heterocycles. The minimum Gasteiger partial charge on any atom is -0.342 e. The molecule has 0 bridgehead atoms. The van der Waals surface area contributed by atoms with E-state index in [4.69, 9.17) is 0 Å². The third kappa shape index (κ3) is 3.42. The molecule has 4 nitrogen and oxygen atoms in total. The fourth-order valence-corrected chi connectivity index (χ4v) is 2.71. The molecule has 2 atom stereocenters. The van der Waals surface area contributed by atoms with Gasteiger partial charge in [0.2, 0.25) is 5.91 Å². The van der Waals surface area contributed by atoms with Gasteiger partial charge in [0.1, 0.15) is 0 Å². The Balaban J connectivity index is 2.64. The van der Waals surface area contributed by atoms with Crippen molar-refractivity contribution in [1.29, 1.82) is 0 Å². The topological polar surface area (TPSA) is 35.6 Å². The smallest absolute Gasteiger partial charge is 0.239 e. The second-order valence-corrected chi connectivity index (χ2v) is 4.66. The average Bonchev–Trinajstić information content (AvgIpc) is 2.85. The Morgan fingerprint density at radius 1 is 1.29 bits per heavy atom. The van der Waals surface area contributed by atoms with Gasteiger partial charge in [0.05, 0.1) is 6.04 Å². The van der Waals surface area contributed by atoms with Gasteiger partial charge in [0, 0.05) is 25.7 Å². The van der Waals surface area contributed by atoms with Crippen LogP contribution in [0.3, 0.4) is 0 Å². The summed E-state index contributed by atoms with van der Waals surface area (Å²) in [7, 11) is 0. The van der Waals surface area contributed by atoms with Crippen molar-refractivity contribution in [3.8, 4) is 0 Å². The Morgan fingerprint density at radius 3 is 2.35 bits per heavy atom. The number of hydrogen-bond acceptors (Lipinski definition) is 3. The zero-order chi connectivity index (χ0) is 12.8. The maximum atomic E-state index is 12.3. The van der Waals surface area contributed by atoms with Crippen LogP contribution >= 0.6 is 0 Å². The van der Waals surface area contributed by atoms with Crippen molar-refractivity contribution in [3.63, 3.8) is 0 Å². The number of hydrogen-bond donors (Lipinski definition) is 1. The van der Waals surface area contributed by atoms with Crippen LogP contribution < -0.4 is 5.32 Å². The lowest BCUT2D eigenvalue weighted by molar-refractivity contribution is -0.136. The lowest BCUT2D eigenvalue weighted by Gasteiger charge is -2.34. The fourth-order valence-electron chi connectivity index (χ4n) is 2.71. The van der Waals surface area contributed by atoms with Gasteiger partial charge in [-0.25, -0.2) is 0 Å². The Morgan fingerprint density at radius 2 is 1.94 bits per heavy atom. The lowest BCUT2D eigenvalue weighted by Crippen LogP contribution is -2.51. The molecule has 0 spiro atoms. The second kappa shape index (κ2) is 6.97. The SMILES string of the molecule is CCN(CC)C(=O)C(C)N(CC)C1CCNC1. The van der Waals surface area contributed by atoms with Crippen LogP contribution in [0.5, 0.6) is 0 Å². The van der Waals surface area contributed by atoms with Gasteiger partial charge in [0.15, 0.2) is 0 Å². The van der Waals surface area contributed by atoms with Gasteiger partial charge in [-0.15, -0.1) is 0 Å². The van der Waals surface area contributed by atoms with Crippen molar-refractivity contribution in [2.75, 3.05) is 32.7 Å². The average molecular weight is 241 g/mol. The summed E-state index contributed by atoms with van der Waals surface area (Å²) in [5.74, 6) is 0.267. The van der Waals surface area contributed by atoms with Crippen LogP contribution in [-0.4, -0.2) is 60.5 Å². The summed E-state index contributed by atoms with van der Waals surface area (Å²) in [5, 5.41) is 3.37. The number of amides is 1. The summed E-state index contributed by atoms with van der Waals surface area (Å²) in [4.78, 5) is 16.6. The number of carbonyl (C=O) groups excluding carboxylic acids is 1. The Kier molecular flexibility index (Phi) is 5.92. The minimum atomic E-state index is 0.00444. The Bertz CT molecular complexity index is 235. The molecule has 0 radical (unpaired) electrons. The van der Waals surface area contributed by atoms with Crippen molar-refractivity contribution >= 4 is 5.91 Å². The molecule has 0 aromatic heterocycles. The molecule has 100 valence electrons. The van der Waals surface area contributed by atoms with E-state index in [-0.39, 0.29) is 11.9 Å². The fraction of sp³-hybridized carbons (Fsp3) is 0.923. The van der Waals surface area contributed by atoms with Crippen molar-refractivity contribution in [3.05, 3.63) is 0 Å². The molecule has 0 aromatic carbocycles. The molecule has 4 heteroatoms. The van der Waals surface area contributed by atoms with Gasteiger partial charge >= 0.3 is 0 Å². The van der Waals surface area contributed by atoms with Crippen LogP contribution in [0.25, 0.3) is 0 Å². The van der Waals surface area contributed by atoms with E-state index in [0.29, 0.717) is 6.04 Å². The molecule has 1 aliphatic heterocycles. The molecule has 1 fully saturated rings. The van der Waals surface area contributed by atoms with Crippen LogP contribution in [-0.2, 0) is 4.79 Å². The normalized spacial score (nSPS) is 21.8. The standard InChI is InChI=1S/C13H27N3O/c1-5-15(6-2)13(17)11(4)16(7-3)12-8-9-14-10-12/h11-12,14H,5-10H2,1-4H3. The first-order valence-corrected chi connectivity index (χ1v) is 6.90. The highest BCUT2D eigenvalue weighted by atomic mass is 16.2. The Labute approximate surface area is 105 Å². The first-order valence-electron chi connectivity index (χ1n) is 6.90. The van der Waals surface area contributed by atoms with E-state index in [0.717, 1.165) is 39.1 Å². The summed E-state index contributed by atoms with van der Waals surface area (Å²) < 4.78 is 0. The molecule has 1 rings (SSSR count). The van der Waals surface area contributed by atoms with Gasteiger partial charge < -0.3 is 10.2 Å². The molecule has 0 aliphatic carbocycles. The predicted molar refractivity (Wildman–Crippen MR) is 71.0 cm³/mol. The van der Waals surface area contributed by atoms with E-state index in [1.165, 1.54) is 0 Å². The minimum absolute atomic E-state index is 0.00444. The van der Waals surface area contributed by atoms with Crippen LogP contribution in [0.4, 0.5) is 0 Å². The molecular weight excluding hydrogens is 214 g/mol. The van der Waals surface area contributed by atoms with Crippen molar-refractivity contribution in [2.45, 2.75) is 46.2 Å². The third-order valence-electron chi connectivity index (χ3n) is 3.80. The monoisotopic (exact) mass is 241 g/mol. The molecule has 0 aromatic rings. The first kappa shape index (κ1) is 14.5. The molecule has 1 aliphatic rings. The Hall–Kier alpha value is -0.610. The van der Waals surface area contributed by atoms with E-state index in [2.05, 4.69) is 17.1 Å². The number of nitrogens with one attached hydrogen (secondary N) is 1. The summed E-state index contributed by atoms with van der Waals surface area (Å²) in [6.07, 6.45) is 1.16. The lowest BCUT2D eigenvalue weighted by atomic mass is 10.1. The third-order valence-corrected chi connectivity index (χ3v) is 3.80. The number of carbonyl (C=O) groups is 1. The molecule has 1 N–H and O–H groups in total. The van der Waals surface area contributed by atoms with E-state index >= 15 is 0 Å². The maximum absolute atomic E-state index is 12.3. The first-order chi connectivity index (χ1) is 8.15. The zero-order valence-electron chi connectivity index (χ0n) is 11.7. The largest absolute Gasteiger partial charge is 0.342 e. The van der Waals surface area contributed by atoms with E-state index < -0.39 is 0 Å². The van der Waals surface area contributed by atoms with E-state index in [1.54, 1.807) is 0 Å². The van der Waals surface area contributed by atoms with E-state index in [1.807, 2.05) is 25.7 Å². The van der Waals surface area contributed by atoms with Gasteiger partial charge in [0.25, 0.3) is 0 Å². The van der Waals surface area contributed by atoms with Crippen LogP contribution in [0.1, 0.15) is 34.1 Å². The van der Waals surface area contributed by atoms with Crippen LogP contribution in [0.2, 0.25) is 0 Å². The predicted octanol–water partition coefficient (Wildman–Crippen LogP) is 0.927. The summed E-state index contributed by atoms with van der Waals surface area (Å²) in [6.45, 7) is 12.9. The van der Waals surface area contributed by atoms with Crippen molar-refractivity contribution in [2.24, 2.45) is 0 Å². The molecule has 0 saturated carbocycles. The van der Waals surface area contributed by atoms with Crippen molar-refractivity contribution in [1.82, 2.24) is 15.1 Å². The molecular formula is C13H27N3O. The quantitative estimate of drug-likeness (QED) is 0.751. The van der Waals surface area contributed by atoms with Gasteiger partial charge in [-0.05, 0) is 40.3 Å². The summed E-state index contributed by atoms with van der Waals surface area (Å²) >= 11 is 0. The van der Waals surface area contributed by atoms with Gasteiger partial charge in [-0.3, -0.25) is 9.69 Å². The maximum Gasteiger partial charge on any atom is 0.239 e. The number of likely N-dealkylation sites (N-methyl/N-ethyl adjacent to an activating group) is 2. The van der Waals surface area contributed by atoms with Gasteiger partial charge in [-0.1, -0.05) is 6.92 Å². The van der Waals surface area contributed by atoms with Crippen LogP contribution in [0.15, 0.2) is 0 Å². The molecule has 1 amide bonds. The second-order valence-electron chi connectivity index (χ2n) is 4.66. The molecule has 17 heavy (non-hydrogen) atoms. The zero-order valence-corrected chi connectivity index (χ0v) is 11.7. The number of nitrogens with zero attached hydrogens (tertiary/aromatic N) is 2. The molecule has 2 unspecified atom stereocenters. The van der Waals surface area contributed by atoms with Gasteiger partial charge in [-0.2, -0.15) is 0 Å². The van der Waals surface area contributed by atoms with Crippen LogP contribution in [0, 0.1) is 0 Å².